The molecule has 0 aliphatic heterocycles. The van der Waals surface area contributed by atoms with Crippen molar-refractivity contribution in [3.8, 4) is 0 Å². The van der Waals surface area contributed by atoms with Crippen LogP contribution in [0.5, 0.6) is 0 Å². The Morgan fingerprint density at radius 2 is 0.672 bits per heavy atom. The zero-order valence-electron chi connectivity index (χ0n) is 41.1. The lowest BCUT2D eigenvalue weighted by molar-refractivity contribution is -0.131. The maximum absolute atomic E-state index is 12.5. The molecule has 5 nitrogen and oxygen atoms in total. The quantitative estimate of drug-likeness (QED) is 0.0362. The van der Waals surface area contributed by atoms with Gasteiger partial charge >= 0.3 is 0 Å². The van der Waals surface area contributed by atoms with Gasteiger partial charge in [0.25, 0.3) is 0 Å². The molecule has 3 unspecified atom stereocenters. The molecule has 0 aromatic heterocycles. The molecule has 0 spiro atoms. The first kappa shape index (κ1) is 59.6. The van der Waals surface area contributed by atoms with Gasteiger partial charge in [0, 0.05) is 0 Å². The number of aliphatic hydroxyl groups is 3. The van der Waals surface area contributed by atoms with Gasteiger partial charge in [-0.1, -0.05) is 269 Å². The van der Waals surface area contributed by atoms with Gasteiger partial charge in [-0.2, -0.15) is 0 Å². The van der Waals surface area contributed by atoms with Crippen LogP contribution in [0.1, 0.15) is 290 Å². The summed E-state index contributed by atoms with van der Waals surface area (Å²) in [4.78, 5) is 12.5. The number of hydrogen-bond donors (Lipinski definition) is 4. The number of aliphatic hydroxyl groups excluding tert-OH is 3. The predicted octanol–water partition coefficient (Wildman–Crippen LogP) is 16.7. The molecule has 61 heavy (non-hydrogen) atoms. The van der Waals surface area contributed by atoms with Crippen molar-refractivity contribution in [2.24, 2.45) is 0 Å². The molecule has 0 saturated heterocycles. The summed E-state index contributed by atoms with van der Waals surface area (Å²) in [5.41, 5.74) is 0. The van der Waals surface area contributed by atoms with Gasteiger partial charge in [-0.25, -0.2) is 0 Å². The molecule has 0 radical (unpaired) electrons. The molecule has 3 atom stereocenters. The average molecular weight is 858 g/mol. The van der Waals surface area contributed by atoms with E-state index in [0.29, 0.717) is 6.42 Å². The molecular formula is C56H107NO4. The Hall–Kier alpha value is -1.43. The molecule has 0 aliphatic rings. The average Bonchev–Trinajstić information content (AvgIpc) is 3.26. The fourth-order valence-corrected chi connectivity index (χ4v) is 8.43. The highest BCUT2D eigenvalue weighted by Crippen LogP contribution is 2.17. The Balaban J connectivity index is 3.63. The third-order valence-corrected chi connectivity index (χ3v) is 12.7. The van der Waals surface area contributed by atoms with Gasteiger partial charge < -0.3 is 20.6 Å². The lowest BCUT2D eigenvalue weighted by Crippen LogP contribution is -2.48. The molecule has 0 bridgehead atoms. The molecular weight excluding hydrogens is 751 g/mol. The summed E-state index contributed by atoms with van der Waals surface area (Å²) in [5.74, 6) is -0.513. The predicted molar refractivity (Wildman–Crippen MR) is 268 cm³/mol. The van der Waals surface area contributed by atoms with Crippen LogP contribution in [0.25, 0.3) is 0 Å². The molecule has 0 saturated carbocycles. The summed E-state index contributed by atoms with van der Waals surface area (Å²) in [6.07, 6.45) is 66.4. The van der Waals surface area contributed by atoms with E-state index in [1.807, 2.05) is 6.08 Å². The number of unbranched alkanes of at least 4 members (excludes halogenated alkanes) is 38. The minimum Gasteiger partial charge on any atom is -0.394 e. The van der Waals surface area contributed by atoms with E-state index in [0.717, 1.165) is 38.5 Å². The summed E-state index contributed by atoms with van der Waals surface area (Å²) in [7, 11) is 0. The first-order valence-electron chi connectivity index (χ1n) is 27.3. The number of hydrogen-bond acceptors (Lipinski definition) is 4. The SMILES string of the molecule is CCCCCCCCCCCCCC/C=C\CCCCCCCCCC(O)C(=O)NC(CO)C(O)/C=C/CC/C=C/CCCCCCCCCCCCCCCCCCCC. The van der Waals surface area contributed by atoms with E-state index in [1.165, 1.54) is 231 Å². The normalized spacial score (nSPS) is 13.6. The van der Waals surface area contributed by atoms with Crippen LogP contribution >= 0.6 is 0 Å². The monoisotopic (exact) mass is 858 g/mol. The maximum Gasteiger partial charge on any atom is 0.249 e. The number of nitrogens with one attached hydrogen (secondary N) is 1. The van der Waals surface area contributed by atoms with Gasteiger partial charge in [0.15, 0.2) is 0 Å². The zero-order valence-corrected chi connectivity index (χ0v) is 41.1. The first-order valence-corrected chi connectivity index (χ1v) is 27.3. The minimum absolute atomic E-state index is 0.376. The molecule has 0 heterocycles. The number of carbonyl (C=O) groups excluding carboxylic acids is 1. The summed E-state index contributed by atoms with van der Waals surface area (Å²) in [5, 5.41) is 33.3. The van der Waals surface area contributed by atoms with Gasteiger partial charge in [-0.05, 0) is 57.8 Å². The van der Waals surface area contributed by atoms with Crippen LogP contribution in [0.15, 0.2) is 36.5 Å². The van der Waals surface area contributed by atoms with Gasteiger partial charge in [0.1, 0.15) is 6.10 Å². The number of allylic oxidation sites excluding steroid dienone is 5. The van der Waals surface area contributed by atoms with Crippen molar-refractivity contribution >= 4 is 5.91 Å². The van der Waals surface area contributed by atoms with E-state index >= 15 is 0 Å². The summed E-state index contributed by atoms with van der Waals surface area (Å²) >= 11 is 0. The third kappa shape index (κ3) is 46.4. The van der Waals surface area contributed by atoms with Crippen LogP contribution in [0.3, 0.4) is 0 Å². The molecule has 0 aliphatic carbocycles. The Bertz CT molecular complexity index is 947. The molecule has 4 N–H and O–H groups in total. The second kappa shape index (κ2) is 51.2. The topological polar surface area (TPSA) is 89.8 Å². The maximum atomic E-state index is 12.5. The Morgan fingerprint density at radius 3 is 1.00 bits per heavy atom. The number of rotatable bonds is 50. The van der Waals surface area contributed by atoms with E-state index in [2.05, 4.69) is 43.5 Å². The molecule has 0 aromatic carbocycles. The van der Waals surface area contributed by atoms with Gasteiger partial charge in [-0.15, -0.1) is 0 Å². The van der Waals surface area contributed by atoms with Crippen LogP contribution < -0.4 is 5.32 Å². The van der Waals surface area contributed by atoms with E-state index < -0.39 is 24.2 Å². The molecule has 0 fully saturated rings. The second-order valence-electron chi connectivity index (χ2n) is 18.8. The van der Waals surface area contributed by atoms with Crippen molar-refractivity contribution in [2.75, 3.05) is 6.61 Å². The number of carbonyl (C=O) groups is 1. The van der Waals surface area contributed by atoms with Gasteiger partial charge in [-0.3, -0.25) is 4.79 Å². The Kier molecular flexibility index (Phi) is 50.0. The fourth-order valence-electron chi connectivity index (χ4n) is 8.43. The molecule has 0 rings (SSSR count). The largest absolute Gasteiger partial charge is 0.394 e. The minimum atomic E-state index is -1.11. The number of amides is 1. The van der Waals surface area contributed by atoms with Crippen LogP contribution in [0, 0.1) is 0 Å². The highest BCUT2D eigenvalue weighted by atomic mass is 16.3. The Labute approximate surface area is 381 Å². The summed E-state index contributed by atoms with van der Waals surface area (Å²) < 4.78 is 0. The second-order valence-corrected chi connectivity index (χ2v) is 18.8. The summed E-state index contributed by atoms with van der Waals surface area (Å²) in [6.45, 7) is 4.20. The highest BCUT2D eigenvalue weighted by molar-refractivity contribution is 5.80. The molecule has 1 amide bonds. The summed E-state index contributed by atoms with van der Waals surface area (Å²) in [6, 6.07) is -0.817. The van der Waals surface area contributed by atoms with Crippen molar-refractivity contribution < 1.29 is 20.1 Å². The van der Waals surface area contributed by atoms with Crippen LogP contribution in [-0.2, 0) is 4.79 Å². The van der Waals surface area contributed by atoms with Crippen LogP contribution in [-0.4, -0.2) is 46.1 Å². The van der Waals surface area contributed by atoms with Gasteiger partial charge in [0.2, 0.25) is 5.91 Å². The van der Waals surface area contributed by atoms with Crippen LogP contribution in [0.4, 0.5) is 0 Å². The van der Waals surface area contributed by atoms with Crippen molar-refractivity contribution in [3.63, 3.8) is 0 Å². The Morgan fingerprint density at radius 1 is 0.393 bits per heavy atom. The van der Waals surface area contributed by atoms with Crippen molar-refractivity contribution in [1.29, 1.82) is 0 Å². The molecule has 0 aromatic rings. The van der Waals surface area contributed by atoms with E-state index in [9.17, 15) is 20.1 Å². The smallest absolute Gasteiger partial charge is 0.249 e. The van der Waals surface area contributed by atoms with Crippen molar-refractivity contribution in [3.05, 3.63) is 36.5 Å². The standard InChI is InChI=1S/C56H107NO4/c1-3-5-7-9-11-13-15-17-19-21-23-25-27-29-30-32-34-36-38-40-42-44-46-48-50-54(59)53(52-58)57-56(61)55(60)51-49-47-45-43-41-39-37-35-33-31-28-26-24-22-20-18-16-14-12-10-8-6-4-2/h31,33,40,42,48,50,53-55,58-60H,3-30,32,34-39,41,43-47,49,51-52H2,1-2H3,(H,57,61)/b33-31-,42-40+,50-48+. The van der Waals surface area contributed by atoms with Crippen molar-refractivity contribution in [2.45, 2.75) is 308 Å². The van der Waals surface area contributed by atoms with Crippen molar-refractivity contribution in [1.82, 2.24) is 5.32 Å². The highest BCUT2D eigenvalue weighted by Gasteiger charge is 2.22. The molecule has 360 valence electrons. The van der Waals surface area contributed by atoms with Gasteiger partial charge in [0.05, 0.1) is 18.8 Å². The first-order chi connectivity index (χ1) is 30.1. The lowest BCUT2D eigenvalue weighted by atomic mass is 10.0. The lowest BCUT2D eigenvalue weighted by Gasteiger charge is -2.21. The fraction of sp³-hybridized carbons (Fsp3) is 0.875. The van der Waals surface area contributed by atoms with E-state index in [4.69, 9.17) is 0 Å². The third-order valence-electron chi connectivity index (χ3n) is 12.7. The zero-order chi connectivity index (χ0) is 44.4. The molecule has 5 heteroatoms. The van der Waals surface area contributed by atoms with Crippen LogP contribution in [0.2, 0.25) is 0 Å². The van der Waals surface area contributed by atoms with E-state index in [-0.39, 0.29) is 6.61 Å². The van der Waals surface area contributed by atoms with E-state index in [1.54, 1.807) is 6.08 Å².